The van der Waals surface area contributed by atoms with Crippen molar-refractivity contribution in [3.63, 3.8) is 0 Å². The van der Waals surface area contributed by atoms with Gasteiger partial charge in [0.1, 0.15) is 5.75 Å². The molecule has 1 saturated carbocycles. The number of alkyl halides is 4. The van der Waals surface area contributed by atoms with E-state index in [0.717, 1.165) is 31.7 Å². The van der Waals surface area contributed by atoms with Gasteiger partial charge in [-0.15, -0.1) is 0 Å². The Bertz CT molecular complexity index is 425. The third-order valence-corrected chi connectivity index (χ3v) is 4.10. The topological polar surface area (TPSA) is 9.23 Å². The summed E-state index contributed by atoms with van der Waals surface area (Å²) in [4.78, 5) is 0. The lowest BCUT2D eigenvalue weighted by Gasteiger charge is -2.17. The fourth-order valence-corrected chi connectivity index (χ4v) is 2.74. The van der Waals surface area contributed by atoms with Crippen LogP contribution >= 0.6 is 15.9 Å². The maximum absolute atomic E-state index is 13.0. The van der Waals surface area contributed by atoms with Crippen LogP contribution in [0.4, 0.5) is 13.2 Å². The smallest absolute Gasteiger partial charge is 0.419 e. The van der Waals surface area contributed by atoms with Gasteiger partial charge in [-0.2, -0.15) is 13.2 Å². The number of ether oxygens (including phenoxy) is 1. The molecule has 1 aromatic rings. The van der Waals surface area contributed by atoms with Gasteiger partial charge in [-0.3, -0.25) is 0 Å². The summed E-state index contributed by atoms with van der Waals surface area (Å²) in [7, 11) is 0. The Labute approximate surface area is 119 Å². The van der Waals surface area contributed by atoms with E-state index in [4.69, 9.17) is 4.74 Å². The Balaban J connectivity index is 2.13. The summed E-state index contributed by atoms with van der Waals surface area (Å²) in [6.07, 6.45) is 0.0518. The molecule has 0 heterocycles. The quantitative estimate of drug-likeness (QED) is 0.689. The van der Waals surface area contributed by atoms with Crippen molar-refractivity contribution >= 4 is 15.9 Å². The van der Waals surface area contributed by atoms with Crippen LogP contribution < -0.4 is 4.74 Å². The van der Waals surface area contributed by atoms with Gasteiger partial charge in [-0.25, -0.2) is 0 Å². The predicted octanol–water partition coefficient (Wildman–Crippen LogP) is 5.17. The van der Waals surface area contributed by atoms with Gasteiger partial charge in [0.25, 0.3) is 0 Å². The third-order valence-electron chi connectivity index (χ3n) is 3.45. The first kappa shape index (κ1) is 14.7. The maximum atomic E-state index is 13.0. The van der Waals surface area contributed by atoms with Crippen LogP contribution in [-0.4, -0.2) is 6.61 Å². The van der Waals surface area contributed by atoms with Gasteiger partial charge in [-0.1, -0.05) is 34.8 Å². The minimum atomic E-state index is -4.37. The highest BCUT2D eigenvalue weighted by molar-refractivity contribution is 9.08. The normalized spacial score (nSPS) is 16.8. The summed E-state index contributed by atoms with van der Waals surface area (Å²) >= 11 is 3.17. The zero-order valence-corrected chi connectivity index (χ0v) is 12.1. The van der Waals surface area contributed by atoms with Crippen LogP contribution in [0.3, 0.4) is 0 Å². The molecule has 0 unspecified atom stereocenters. The third kappa shape index (κ3) is 3.88. The molecular weight excluding hydrogens is 321 g/mol. The van der Waals surface area contributed by atoms with E-state index in [1.165, 1.54) is 6.07 Å². The second-order valence-corrected chi connectivity index (χ2v) is 5.48. The Morgan fingerprint density at radius 1 is 1.21 bits per heavy atom. The van der Waals surface area contributed by atoms with Crippen molar-refractivity contribution in [2.75, 3.05) is 6.61 Å². The minimum absolute atomic E-state index is 0.0518. The Morgan fingerprint density at radius 3 is 2.47 bits per heavy atom. The summed E-state index contributed by atoms with van der Waals surface area (Å²) in [5.74, 6) is 0.348. The molecule has 1 nitrogen and oxygen atoms in total. The summed E-state index contributed by atoms with van der Waals surface area (Å²) in [6.45, 7) is 0.386. The maximum Gasteiger partial charge on any atom is 0.419 e. The largest absolute Gasteiger partial charge is 0.493 e. The molecule has 0 radical (unpaired) electrons. The fourth-order valence-electron chi connectivity index (χ4n) is 2.39. The van der Waals surface area contributed by atoms with Crippen molar-refractivity contribution in [2.24, 2.45) is 5.92 Å². The summed E-state index contributed by atoms with van der Waals surface area (Å²) in [5.41, 5.74) is -0.0806. The van der Waals surface area contributed by atoms with E-state index in [1.807, 2.05) is 0 Å². The zero-order chi connectivity index (χ0) is 13.9. The lowest BCUT2D eigenvalue weighted by Crippen LogP contribution is -2.13. The van der Waals surface area contributed by atoms with Crippen LogP contribution in [0.5, 0.6) is 5.75 Å². The van der Waals surface area contributed by atoms with Gasteiger partial charge < -0.3 is 4.74 Å². The Hall–Kier alpha value is -0.710. The van der Waals surface area contributed by atoms with Gasteiger partial charge in [0, 0.05) is 5.33 Å². The Kier molecular flexibility index (Phi) is 4.76. The number of hydrogen-bond acceptors (Lipinski definition) is 1. The molecule has 0 bridgehead atoms. The first-order valence-electron chi connectivity index (χ1n) is 6.39. The van der Waals surface area contributed by atoms with Crippen LogP contribution in [0.2, 0.25) is 0 Å². The SMILES string of the molecule is FC(F)(F)c1cc(CBr)ccc1OCC1CCCC1. The van der Waals surface area contributed by atoms with E-state index in [0.29, 0.717) is 23.4 Å². The van der Waals surface area contributed by atoms with E-state index >= 15 is 0 Å². The molecule has 1 aliphatic carbocycles. The second kappa shape index (κ2) is 6.16. The van der Waals surface area contributed by atoms with Crippen LogP contribution in [0.1, 0.15) is 36.8 Å². The molecule has 0 spiro atoms. The number of halogens is 4. The van der Waals surface area contributed by atoms with E-state index in [-0.39, 0.29) is 5.75 Å². The van der Waals surface area contributed by atoms with Crippen LogP contribution in [0.25, 0.3) is 0 Å². The monoisotopic (exact) mass is 336 g/mol. The fraction of sp³-hybridized carbons (Fsp3) is 0.571. The van der Waals surface area contributed by atoms with Crippen LogP contribution in [0, 0.1) is 5.92 Å². The van der Waals surface area contributed by atoms with Gasteiger partial charge in [0.15, 0.2) is 0 Å². The zero-order valence-electron chi connectivity index (χ0n) is 10.5. The van der Waals surface area contributed by atoms with Crippen LogP contribution in [0.15, 0.2) is 18.2 Å². The number of benzene rings is 1. The molecule has 0 atom stereocenters. The number of rotatable bonds is 4. The Morgan fingerprint density at radius 2 is 1.89 bits per heavy atom. The van der Waals surface area contributed by atoms with E-state index < -0.39 is 11.7 Å². The van der Waals surface area contributed by atoms with E-state index in [1.54, 1.807) is 6.07 Å². The summed E-state index contributed by atoms with van der Waals surface area (Å²) in [6, 6.07) is 4.24. The minimum Gasteiger partial charge on any atom is -0.493 e. The molecule has 0 aliphatic heterocycles. The van der Waals surface area contributed by atoms with Crippen molar-refractivity contribution in [2.45, 2.75) is 37.2 Å². The molecular formula is C14H16BrF3O. The first-order chi connectivity index (χ1) is 9.00. The van der Waals surface area contributed by atoms with Gasteiger partial charge in [0.2, 0.25) is 0 Å². The highest BCUT2D eigenvalue weighted by Crippen LogP contribution is 2.37. The molecule has 2 rings (SSSR count). The standard InChI is InChI=1S/C14H16BrF3O/c15-8-11-5-6-13(12(7-11)14(16,17)18)19-9-10-3-1-2-4-10/h5-7,10H,1-4,8-9H2. The number of hydrogen-bond donors (Lipinski definition) is 0. The van der Waals surface area contributed by atoms with Crippen molar-refractivity contribution in [3.05, 3.63) is 29.3 Å². The van der Waals surface area contributed by atoms with Crippen molar-refractivity contribution < 1.29 is 17.9 Å². The molecule has 106 valence electrons. The molecule has 5 heteroatoms. The molecule has 1 fully saturated rings. The predicted molar refractivity (Wildman–Crippen MR) is 71.5 cm³/mol. The van der Waals surface area contributed by atoms with Crippen LogP contribution in [-0.2, 0) is 11.5 Å². The van der Waals surface area contributed by atoms with Gasteiger partial charge in [-0.05, 0) is 36.5 Å². The van der Waals surface area contributed by atoms with E-state index in [2.05, 4.69) is 15.9 Å². The molecule has 0 N–H and O–H groups in total. The average Bonchev–Trinajstić information content (AvgIpc) is 2.88. The highest BCUT2D eigenvalue weighted by atomic mass is 79.9. The molecule has 0 aromatic heterocycles. The highest BCUT2D eigenvalue weighted by Gasteiger charge is 2.34. The molecule has 0 amide bonds. The summed E-state index contributed by atoms with van der Waals surface area (Å²) in [5, 5.41) is 0.402. The lowest BCUT2D eigenvalue weighted by atomic mass is 10.1. The van der Waals surface area contributed by atoms with Gasteiger partial charge in [0.05, 0.1) is 12.2 Å². The van der Waals surface area contributed by atoms with Crippen molar-refractivity contribution in [1.82, 2.24) is 0 Å². The van der Waals surface area contributed by atoms with E-state index in [9.17, 15) is 13.2 Å². The summed E-state index contributed by atoms with van der Waals surface area (Å²) < 4.78 is 44.3. The molecule has 1 aliphatic rings. The van der Waals surface area contributed by atoms with Gasteiger partial charge >= 0.3 is 6.18 Å². The second-order valence-electron chi connectivity index (χ2n) is 4.92. The lowest BCUT2D eigenvalue weighted by molar-refractivity contribution is -0.139. The average molecular weight is 337 g/mol. The molecule has 19 heavy (non-hydrogen) atoms. The first-order valence-corrected chi connectivity index (χ1v) is 7.51. The van der Waals surface area contributed by atoms with Crippen molar-refractivity contribution in [1.29, 1.82) is 0 Å². The molecule has 1 aromatic carbocycles. The van der Waals surface area contributed by atoms with Crippen molar-refractivity contribution in [3.8, 4) is 5.75 Å². The molecule has 0 saturated heterocycles.